The van der Waals surface area contributed by atoms with Crippen LogP contribution in [0.1, 0.15) is 100 Å². The van der Waals surface area contributed by atoms with Gasteiger partial charge in [-0.25, -0.2) is 0 Å². The molecular weight excluding hydrogens is 282 g/mol. The van der Waals surface area contributed by atoms with Crippen molar-refractivity contribution in [2.75, 3.05) is 0 Å². The quantitative estimate of drug-likeness (QED) is 0.549. The largest absolute Gasteiger partial charge is 0.313 e. The molecule has 1 N–H and O–H groups in total. The maximum atomic E-state index is 11.3. The third kappa shape index (κ3) is 5.46. The highest BCUT2D eigenvalue weighted by molar-refractivity contribution is 5.02. The molecule has 3 atom stereocenters. The molecule has 1 aliphatic rings. The molecule has 0 spiro atoms. The maximum absolute atomic E-state index is 11.3. The summed E-state index contributed by atoms with van der Waals surface area (Å²) in [6.07, 6.45) is 8.23. The fourth-order valence-electron chi connectivity index (χ4n) is 4.35. The van der Waals surface area contributed by atoms with E-state index in [9.17, 15) is 5.21 Å². The summed E-state index contributed by atoms with van der Waals surface area (Å²) in [5.41, 5.74) is -0.123. The number of piperidine rings is 1. The smallest absolute Gasteiger partial charge is 0.0466 e. The molecule has 138 valence electrons. The van der Waals surface area contributed by atoms with Gasteiger partial charge in [-0.3, -0.25) is 0 Å². The standard InChI is InChI=1S/C21H43NO/c1-16(2)9-12-20(7)13-11-19(15-18(5)6)21(8,22(20)23)14-10-17(3)4/h16-19,23H,9-15H2,1-8H3. The molecule has 3 unspecified atom stereocenters. The predicted octanol–water partition coefficient (Wildman–Crippen LogP) is 6.52. The van der Waals surface area contributed by atoms with Crippen LogP contribution in [0, 0.1) is 23.7 Å². The first-order valence-electron chi connectivity index (χ1n) is 10.0. The van der Waals surface area contributed by atoms with Gasteiger partial charge in [0.25, 0.3) is 0 Å². The van der Waals surface area contributed by atoms with E-state index in [0.29, 0.717) is 23.7 Å². The topological polar surface area (TPSA) is 23.5 Å². The van der Waals surface area contributed by atoms with Gasteiger partial charge in [0.05, 0.1) is 0 Å². The number of hydrogen-bond donors (Lipinski definition) is 1. The van der Waals surface area contributed by atoms with E-state index in [4.69, 9.17) is 0 Å². The first-order chi connectivity index (χ1) is 10.5. The molecule has 1 fully saturated rings. The van der Waals surface area contributed by atoms with Crippen LogP contribution in [0.4, 0.5) is 0 Å². The Morgan fingerprint density at radius 1 is 0.913 bits per heavy atom. The molecule has 0 saturated carbocycles. The zero-order valence-electron chi connectivity index (χ0n) is 17.2. The molecule has 1 aliphatic heterocycles. The van der Waals surface area contributed by atoms with Gasteiger partial charge < -0.3 is 5.21 Å². The van der Waals surface area contributed by atoms with E-state index in [1.54, 1.807) is 0 Å². The number of hydrogen-bond acceptors (Lipinski definition) is 2. The van der Waals surface area contributed by atoms with Crippen LogP contribution >= 0.6 is 0 Å². The zero-order valence-corrected chi connectivity index (χ0v) is 17.2. The second kappa shape index (κ2) is 8.34. The van der Waals surface area contributed by atoms with Gasteiger partial charge in [0.1, 0.15) is 0 Å². The maximum Gasteiger partial charge on any atom is 0.0466 e. The molecule has 0 aliphatic carbocycles. The average molecular weight is 326 g/mol. The zero-order chi connectivity index (χ0) is 17.8. The minimum absolute atomic E-state index is 0.0521. The lowest BCUT2D eigenvalue weighted by Crippen LogP contribution is -2.63. The van der Waals surface area contributed by atoms with Crippen LogP contribution in [0.3, 0.4) is 0 Å². The highest BCUT2D eigenvalue weighted by Gasteiger charge is 2.50. The van der Waals surface area contributed by atoms with Crippen LogP contribution in [0.25, 0.3) is 0 Å². The van der Waals surface area contributed by atoms with Gasteiger partial charge in [0, 0.05) is 11.1 Å². The van der Waals surface area contributed by atoms with Crippen molar-refractivity contribution in [2.24, 2.45) is 23.7 Å². The van der Waals surface area contributed by atoms with E-state index in [2.05, 4.69) is 55.4 Å². The van der Waals surface area contributed by atoms with Crippen LogP contribution in [-0.4, -0.2) is 21.3 Å². The van der Waals surface area contributed by atoms with Crippen LogP contribution in [0.2, 0.25) is 0 Å². The first-order valence-corrected chi connectivity index (χ1v) is 10.0. The summed E-state index contributed by atoms with van der Waals surface area (Å²) in [6.45, 7) is 18.4. The van der Waals surface area contributed by atoms with Crippen molar-refractivity contribution in [3.05, 3.63) is 0 Å². The Kier molecular flexibility index (Phi) is 7.60. The first kappa shape index (κ1) is 21.0. The Morgan fingerprint density at radius 2 is 1.43 bits per heavy atom. The molecule has 0 radical (unpaired) electrons. The van der Waals surface area contributed by atoms with Crippen molar-refractivity contribution in [2.45, 2.75) is 111 Å². The van der Waals surface area contributed by atoms with Gasteiger partial charge >= 0.3 is 0 Å². The third-order valence-electron chi connectivity index (χ3n) is 6.15. The minimum atomic E-state index is -0.0709. The Hall–Kier alpha value is -0.0800. The van der Waals surface area contributed by atoms with Crippen molar-refractivity contribution in [1.29, 1.82) is 0 Å². The summed E-state index contributed by atoms with van der Waals surface area (Å²) in [5, 5.41) is 13.1. The highest BCUT2D eigenvalue weighted by atomic mass is 16.5. The number of hydroxylamine groups is 2. The van der Waals surface area contributed by atoms with E-state index in [1.807, 2.05) is 5.06 Å². The molecule has 2 heteroatoms. The summed E-state index contributed by atoms with van der Waals surface area (Å²) >= 11 is 0. The molecule has 0 bridgehead atoms. The lowest BCUT2D eigenvalue weighted by molar-refractivity contribution is -0.275. The Balaban J connectivity index is 2.96. The van der Waals surface area contributed by atoms with Crippen LogP contribution in [-0.2, 0) is 0 Å². The monoisotopic (exact) mass is 325 g/mol. The molecule has 2 nitrogen and oxygen atoms in total. The van der Waals surface area contributed by atoms with Crippen LogP contribution < -0.4 is 0 Å². The van der Waals surface area contributed by atoms with Crippen molar-refractivity contribution in [3.63, 3.8) is 0 Å². The van der Waals surface area contributed by atoms with E-state index < -0.39 is 0 Å². The molecular formula is C21H43NO. The Labute approximate surface area is 146 Å². The molecule has 0 amide bonds. The van der Waals surface area contributed by atoms with Crippen LogP contribution in [0.15, 0.2) is 0 Å². The number of rotatable bonds is 8. The second-order valence-corrected chi connectivity index (χ2v) is 9.90. The minimum Gasteiger partial charge on any atom is -0.313 e. The van der Waals surface area contributed by atoms with Gasteiger partial charge in [0.2, 0.25) is 0 Å². The normalized spacial score (nSPS) is 33.1. The molecule has 1 rings (SSSR count). The van der Waals surface area contributed by atoms with Gasteiger partial charge in [-0.1, -0.05) is 41.5 Å². The summed E-state index contributed by atoms with van der Waals surface area (Å²) in [5.74, 6) is 2.71. The van der Waals surface area contributed by atoms with Crippen molar-refractivity contribution in [3.8, 4) is 0 Å². The van der Waals surface area contributed by atoms with Crippen molar-refractivity contribution in [1.82, 2.24) is 5.06 Å². The van der Waals surface area contributed by atoms with E-state index >= 15 is 0 Å². The Morgan fingerprint density at radius 3 is 1.91 bits per heavy atom. The Bertz CT molecular complexity index is 352. The molecule has 0 aromatic heterocycles. The van der Waals surface area contributed by atoms with Crippen molar-refractivity contribution >= 4 is 0 Å². The van der Waals surface area contributed by atoms with Crippen molar-refractivity contribution < 1.29 is 5.21 Å². The van der Waals surface area contributed by atoms with Crippen LogP contribution in [0.5, 0.6) is 0 Å². The third-order valence-corrected chi connectivity index (χ3v) is 6.15. The summed E-state index contributed by atoms with van der Waals surface area (Å²) in [4.78, 5) is 0. The summed E-state index contributed by atoms with van der Waals surface area (Å²) in [7, 11) is 0. The van der Waals surface area contributed by atoms with E-state index in [-0.39, 0.29) is 11.1 Å². The molecule has 1 heterocycles. The molecule has 0 aromatic carbocycles. The fourth-order valence-corrected chi connectivity index (χ4v) is 4.35. The van der Waals surface area contributed by atoms with Gasteiger partial charge in [0.15, 0.2) is 0 Å². The summed E-state index contributed by atoms with van der Waals surface area (Å²) < 4.78 is 0. The average Bonchev–Trinajstić information content (AvgIpc) is 2.44. The van der Waals surface area contributed by atoms with E-state index in [0.717, 1.165) is 19.3 Å². The highest BCUT2D eigenvalue weighted by Crippen LogP contribution is 2.48. The predicted molar refractivity (Wildman–Crippen MR) is 101 cm³/mol. The second-order valence-electron chi connectivity index (χ2n) is 9.90. The fraction of sp³-hybridized carbons (Fsp3) is 1.00. The van der Waals surface area contributed by atoms with Gasteiger partial charge in [-0.2, -0.15) is 5.06 Å². The van der Waals surface area contributed by atoms with E-state index in [1.165, 1.54) is 25.7 Å². The molecule has 23 heavy (non-hydrogen) atoms. The van der Waals surface area contributed by atoms with Gasteiger partial charge in [-0.15, -0.1) is 0 Å². The summed E-state index contributed by atoms with van der Waals surface area (Å²) in [6, 6.07) is 0. The molecule has 1 saturated heterocycles. The van der Waals surface area contributed by atoms with Gasteiger partial charge in [-0.05, 0) is 82.5 Å². The molecule has 0 aromatic rings. The number of nitrogens with zero attached hydrogens (tertiary/aromatic N) is 1. The SMILES string of the molecule is CC(C)CCC1(C)CCC(CC(C)C)C(C)(CCC(C)C)N1O. The lowest BCUT2D eigenvalue weighted by Gasteiger charge is -2.56. The lowest BCUT2D eigenvalue weighted by atomic mass is 9.66.